The van der Waals surface area contributed by atoms with Gasteiger partial charge in [0.05, 0.1) is 0 Å². The Kier molecular flexibility index (Phi) is 13.0. The fraction of sp³-hybridized carbons (Fsp3) is 0.955. The number of hydrogen-bond donors (Lipinski definition) is 2. The van der Waals surface area contributed by atoms with Gasteiger partial charge in [-0.2, -0.15) is 0 Å². The predicted octanol–water partition coefficient (Wildman–Crippen LogP) is 3.79. The number of aliphatic imine (C=N–C) groups is 1. The van der Waals surface area contributed by atoms with Crippen LogP contribution in [0.15, 0.2) is 4.99 Å². The summed E-state index contributed by atoms with van der Waals surface area (Å²) < 4.78 is 0. The second-order valence-corrected chi connectivity index (χ2v) is 9.28. The van der Waals surface area contributed by atoms with Crippen molar-refractivity contribution in [1.82, 2.24) is 20.4 Å². The van der Waals surface area contributed by atoms with Crippen molar-refractivity contribution in [2.45, 2.75) is 65.7 Å². The van der Waals surface area contributed by atoms with Crippen molar-refractivity contribution in [3.05, 3.63) is 0 Å². The van der Waals surface area contributed by atoms with Gasteiger partial charge >= 0.3 is 0 Å². The van der Waals surface area contributed by atoms with Crippen LogP contribution < -0.4 is 10.6 Å². The predicted molar refractivity (Wildman–Crippen MR) is 133 cm³/mol. The smallest absolute Gasteiger partial charge is 0.191 e. The highest BCUT2D eigenvalue weighted by atomic mass is 127. The summed E-state index contributed by atoms with van der Waals surface area (Å²) in [5.74, 6) is 1.79. The van der Waals surface area contributed by atoms with E-state index >= 15 is 0 Å². The number of rotatable bonds is 10. The molecule has 28 heavy (non-hydrogen) atoms. The van der Waals surface area contributed by atoms with Crippen LogP contribution in [0.4, 0.5) is 0 Å². The Labute approximate surface area is 191 Å². The Hall–Kier alpha value is -0.0800. The average Bonchev–Trinajstić information content (AvgIpc) is 3.09. The number of guanidine groups is 1. The summed E-state index contributed by atoms with van der Waals surface area (Å²) in [7, 11) is 2.22. The largest absolute Gasteiger partial charge is 0.357 e. The Balaban J connectivity index is 0.00000392. The molecule has 1 heterocycles. The highest BCUT2D eigenvalue weighted by Gasteiger charge is 2.34. The molecule has 1 aliphatic heterocycles. The third kappa shape index (κ3) is 9.61. The second-order valence-electron chi connectivity index (χ2n) is 9.28. The maximum atomic E-state index is 5.00. The van der Waals surface area contributed by atoms with Crippen molar-refractivity contribution in [1.29, 1.82) is 0 Å². The first-order chi connectivity index (χ1) is 13.0. The van der Waals surface area contributed by atoms with Crippen molar-refractivity contribution >= 4 is 29.9 Å². The fourth-order valence-electron chi connectivity index (χ4n) is 4.75. The molecule has 166 valence electrons. The first-order valence-corrected chi connectivity index (χ1v) is 11.5. The van der Waals surface area contributed by atoms with E-state index in [1.807, 2.05) is 0 Å². The molecule has 0 unspecified atom stereocenters. The summed E-state index contributed by atoms with van der Waals surface area (Å²) >= 11 is 0. The maximum absolute atomic E-state index is 5.00. The van der Waals surface area contributed by atoms with Gasteiger partial charge in [-0.05, 0) is 64.0 Å². The first kappa shape index (κ1) is 26.0. The number of hydrogen-bond acceptors (Lipinski definition) is 3. The van der Waals surface area contributed by atoms with Crippen molar-refractivity contribution in [2.24, 2.45) is 16.3 Å². The number of halogens is 1. The minimum atomic E-state index is 0. The van der Waals surface area contributed by atoms with E-state index < -0.39 is 0 Å². The van der Waals surface area contributed by atoms with Gasteiger partial charge < -0.3 is 20.4 Å². The Morgan fingerprint density at radius 2 is 1.71 bits per heavy atom. The van der Waals surface area contributed by atoms with Gasteiger partial charge in [0, 0.05) is 45.8 Å². The van der Waals surface area contributed by atoms with Gasteiger partial charge in [-0.3, -0.25) is 4.99 Å². The molecule has 0 bridgehead atoms. The summed E-state index contributed by atoms with van der Waals surface area (Å²) in [6.45, 7) is 15.9. The van der Waals surface area contributed by atoms with E-state index in [0.717, 1.165) is 31.5 Å². The van der Waals surface area contributed by atoms with Crippen LogP contribution in [0.3, 0.4) is 0 Å². The van der Waals surface area contributed by atoms with Crippen LogP contribution >= 0.6 is 24.0 Å². The number of likely N-dealkylation sites (N-methyl/N-ethyl adjacent to an activating group) is 1. The molecule has 1 aliphatic carbocycles. The molecule has 0 radical (unpaired) electrons. The number of piperazine rings is 1. The quantitative estimate of drug-likeness (QED) is 0.204. The van der Waals surface area contributed by atoms with Gasteiger partial charge in [-0.1, -0.05) is 26.7 Å². The number of unbranched alkanes of at least 4 members (excludes halogenated alkanes) is 1. The molecular weight excluding hydrogens is 461 g/mol. The molecule has 2 rings (SSSR count). The van der Waals surface area contributed by atoms with E-state index in [-0.39, 0.29) is 24.0 Å². The van der Waals surface area contributed by atoms with E-state index in [9.17, 15) is 0 Å². The van der Waals surface area contributed by atoms with E-state index in [0.29, 0.717) is 5.41 Å². The SMILES string of the molecule is CCNC(=NCC1(CC(C)C)CCCC1)NCCCCN1CCN(C)CC1.I. The molecule has 0 amide bonds. The Bertz CT molecular complexity index is 427. The number of nitrogens with zero attached hydrogens (tertiary/aromatic N) is 3. The monoisotopic (exact) mass is 507 g/mol. The Morgan fingerprint density at radius 1 is 1.04 bits per heavy atom. The van der Waals surface area contributed by atoms with E-state index in [1.54, 1.807) is 0 Å². The summed E-state index contributed by atoms with van der Waals surface area (Å²) in [6, 6.07) is 0. The summed E-state index contributed by atoms with van der Waals surface area (Å²) in [6.07, 6.45) is 9.30. The first-order valence-electron chi connectivity index (χ1n) is 11.5. The van der Waals surface area contributed by atoms with Gasteiger partial charge in [0.2, 0.25) is 0 Å². The normalized spacial score (nSPS) is 21.0. The van der Waals surface area contributed by atoms with Crippen molar-refractivity contribution in [2.75, 3.05) is 59.4 Å². The summed E-state index contributed by atoms with van der Waals surface area (Å²) in [5.41, 5.74) is 0.456. The summed E-state index contributed by atoms with van der Waals surface area (Å²) in [5, 5.41) is 7.02. The molecule has 0 atom stereocenters. The minimum Gasteiger partial charge on any atom is -0.357 e. The van der Waals surface area contributed by atoms with Crippen LogP contribution in [-0.2, 0) is 0 Å². The standard InChI is InChI=1S/C22H45N5.HI/c1-5-23-21(25-19-22(18-20(2)3)10-6-7-11-22)24-12-8-9-13-27-16-14-26(4)15-17-27;/h20H,5-19H2,1-4H3,(H2,23,24,25);1H. The van der Waals surface area contributed by atoms with Crippen molar-refractivity contribution < 1.29 is 0 Å². The molecule has 2 fully saturated rings. The van der Waals surface area contributed by atoms with Gasteiger partial charge in [-0.25, -0.2) is 0 Å². The third-order valence-electron chi connectivity index (χ3n) is 6.21. The van der Waals surface area contributed by atoms with Crippen LogP contribution in [0.2, 0.25) is 0 Å². The molecule has 1 saturated carbocycles. The van der Waals surface area contributed by atoms with Crippen molar-refractivity contribution in [3.63, 3.8) is 0 Å². The molecule has 0 aromatic heterocycles. The molecule has 0 aromatic carbocycles. The lowest BCUT2D eigenvalue weighted by molar-refractivity contribution is 0.152. The van der Waals surface area contributed by atoms with Gasteiger partial charge in [0.15, 0.2) is 5.96 Å². The van der Waals surface area contributed by atoms with E-state index in [4.69, 9.17) is 4.99 Å². The molecule has 2 N–H and O–H groups in total. The lowest BCUT2D eigenvalue weighted by Gasteiger charge is -2.32. The molecule has 0 aromatic rings. The zero-order chi connectivity index (χ0) is 19.5. The van der Waals surface area contributed by atoms with Crippen LogP contribution in [0.1, 0.15) is 65.7 Å². The van der Waals surface area contributed by atoms with Gasteiger partial charge in [0.1, 0.15) is 0 Å². The van der Waals surface area contributed by atoms with Crippen molar-refractivity contribution in [3.8, 4) is 0 Å². The van der Waals surface area contributed by atoms with Gasteiger partial charge in [-0.15, -0.1) is 24.0 Å². The topological polar surface area (TPSA) is 42.9 Å². The zero-order valence-electron chi connectivity index (χ0n) is 18.9. The highest BCUT2D eigenvalue weighted by Crippen LogP contribution is 2.43. The average molecular weight is 508 g/mol. The fourth-order valence-corrected chi connectivity index (χ4v) is 4.75. The van der Waals surface area contributed by atoms with Crippen LogP contribution in [0.25, 0.3) is 0 Å². The number of nitrogens with one attached hydrogen (secondary N) is 2. The molecule has 2 aliphatic rings. The van der Waals surface area contributed by atoms with Crippen LogP contribution in [-0.4, -0.2) is 75.2 Å². The Morgan fingerprint density at radius 3 is 2.32 bits per heavy atom. The molecular formula is C22H46IN5. The molecule has 0 spiro atoms. The summed E-state index contributed by atoms with van der Waals surface area (Å²) in [4.78, 5) is 10.0. The van der Waals surface area contributed by atoms with Gasteiger partial charge in [0.25, 0.3) is 0 Å². The highest BCUT2D eigenvalue weighted by molar-refractivity contribution is 14.0. The maximum Gasteiger partial charge on any atom is 0.191 e. The van der Waals surface area contributed by atoms with Crippen LogP contribution in [0.5, 0.6) is 0 Å². The van der Waals surface area contributed by atoms with E-state index in [1.165, 1.54) is 77.7 Å². The second kappa shape index (κ2) is 14.0. The minimum absolute atomic E-state index is 0. The molecule has 1 saturated heterocycles. The van der Waals surface area contributed by atoms with Crippen LogP contribution in [0, 0.1) is 11.3 Å². The zero-order valence-corrected chi connectivity index (χ0v) is 21.3. The molecule has 6 heteroatoms. The van der Waals surface area contributed by atoms with E-state index in [2.05, 4.69) is 48.3 Å². The third-order valence-corrected chi connectivity index (χ3v) is 6.21. The molecule has 5 nitrogen and oxygen atoms in total. The lowest BCUT2D eigenvalue weighted by atomic mass is 9.78. The lowest BCUT2D eigenvalue weighted by Crippen LogP contribution is -2.44.